The fourth-order valence-electron chi connectivity index (χ4n) is 4.74. The van der Waals surface area contributed by atoms with Gasteiger partial charge in [0.05, 0.1) is 25.5 Å². The fraction of sp³-hybridized carbons (Fsp3) is 0.762. The lowest BCUT2D eigenvalue weighted by Gasteiger charge is -2.43. The van der Waals surface area contributed by atoms with Crippen LogP contribution >= 0.6 is 11.8 Å². The van der Waals surface area contributed by atoms with Crippen LogP contribution in [0.15, 0.2) is 27.8 Å². The van der Waals surface area contributed by atoms with Gasteiger partial charge in [0.15, 0.2) is 5.96 Å². The highest BCUT2D eigenvalue weighted by atomic mass is 32.2. The summed E-state index contributed by atoms with van der Waals surface area (Å²) in [6, 6.07) is 4.32. The van der Waals surface area contributed by atoms with Crippen LogP contribution in [0.3, 0.4) is 0 Å². The minimum Gasteiger partial charge on any atom is -0.468 e. The molecule has 3 aliphatic heterocycles. The average Bonchev–Trinajstić information content (AvgIpc) is 3.55. The van der Waals surface area contributed by atoms with Gasteiger partial charge in [-0.2, -0.15) is 11.8 Å². The molecule has 2 atom stereocenters. The highest BCUT2D eigenvalue weighted by Crippen LogP contribution is 2.33. The molecule has 3 aliphatic rings. The molecule has 3 fully saturated rings. The van der Waals surface area contributed by atoms with Crippen LogP contribution in [0.2, 0.25) is 0 Å². The topological polar surface area (TPSA) is 65.3 Å². The summed E-state index contributed by atoms with van der Waals surface area (Å²) in [6.07, 6.45) is 5.54. The maximum Gasteiger partial charge on any atom is 0.191 e. The fourth-order valence-corrected chi connectivity index (χ4v) is 6.22. The molecule has 8 heteroatoms. The van der Waals surface area contributed by atoms with E-state index >= 15 is 0 Å². The van der Waals surface area contributed by atoms with Crippen LogP contribution in [0.5, 0.6) is 0 Å². The zero-order valence-corrected chi connectivity index (χ0v) is 18.4. The van der Waals surface area contributed by atoms with E-state index in [-0.39, 0.29) is 11.6 Å². The third kappa shape index (κ3) is 5.10. The van der Waals surface area contributed by atoms with Crippen molar-refractivity contribution in [3.63, 3.8) is 0 Å². The van der Waals surface area contributed by atoms with E-state index in [1.165, 1.54) is 30.8 Å². The normalized spacial score (nSPS) is 28.0. The maximum absolute atomic E-state index is 5.75. The second-order valence-electron chi connectivity index (χ2n) is 8.21. The van der Waals surface area contributed by atoms with E-state index in [4.69, 9.17) is 9.15 Å². The maximum atomic E-state index is 5.75. The zero-order chi connectivity index (χ0) is 19.9. The number of aliphatic imine (C=N–C) groups is 1. The van der Waals surface area contributed by atoms with E-state index in [1.807, 2.05) is 13.1 Å². The van der Waals surface area contributed by atoms with Crippen molar-refractivity contribution in [1.29, 1.82) is 0 Å². The summed E-state index contributed by atoms with van der Waals surface area (Å²) < 4.78 is 11.3. The number of morpholine rings is 1. The van der Waals surface area contributed by atoms with Gasteiger partial charge in [-0.3, -0.25) is 14.8 Å². The summed E-state index contributed by atoms with van der Waals surface area (Å²) in [7, 11) is 1.86. The zero-order valence-electron chi connectivity index (χ0n) is 17.6. The minimum absolute atomic E-state index is 0.210. The lowest BCUT2D eigenvalue weighted by Crippen LogP contribution is -2.60. The number of hydrogen-bond donors (Lipinski definition) is 2. The first-order chi connectivity index (χ1) is 14.3. The second kappa shape index (κ2) is 10.2. The van der Waals surface area contributed by atoms with E-state index in [1.54, 1.807) is 6.26 Å². The van der Waals surface area contributed by atoms with Crippen LogP contribution in [-0.4, -0.2) is 92.3 Å². The molecule has 0 saturated carbocycles. The quantitative estimate of drug-likeness (QED) is 0.514. The molecule has 0 bridgehead atoms. The molecule has 0 amide bonds. The number of ether oxygens (including phenoxy) is 1. The first-order valence-corrected chi connectivity index (χ1v) is 12.1. The highest BCUT2D eigenvalue weighted by Gasteiger charge is 2.40. The largest absolute Gasteiger partial charge is 0.468 e. The molecule has 4 rings (SSSR count). The number of nitrogens with one attached hydrogen (secondary N) is 2. The molecule has 2 unspecified atom stereocenters. The lowest BCUT2D eigenvalue weighted by molar-refractivity contribution is -0.0120. The Balaban J connectivity index is 1.34. The third-order valence-electron chi connectivity index (χ3n) is 6.49. The van der Waals surface area contributed by atoms with Crippen LogP contribution in [0.1, 0.15) is 31.1 Å². The van der Waals surface area contributed by atoms with Crippen molar-refractivity contribution in [2.75, 3.05) is 71.0 Å². The van der Waals surface area contributed by atoms with E-state index in [0.717, 1.165) is 64.2 Å². The molecule has 1 aromatic rings. The van der Waals surface area contributed by atoms with Crippen LogP contribution in [0.25, 0.3) is 0 Å². The van der Waals surface area contributed by atoms with Gasteiger partial charge in [0.25, 0.3) is 0 Å². The molecule has 29 heavy (non-hydrogen) atoms. The number of hydrogen-bond acceptors (Lipinski definition) is 6. The smallest absolute Gasteiger partial charge is 0.191 e. The Morgan fingerprint density at radius 3 is 2.72 bits per heavy atom. The molecule has 7 nitrogen and oxygen atoms in total. The predicted molar refractivity (Wildman–Crippen MR) is 119 cm³/mol. The van der Waals surface area contributed by atoms with Crippen molar-refractivity contribution in [3.05, 3.63) is 24.2 Å². The van der Waals surface area contributed by atoms with Crippen molar-refractivity contribution in [1.82, 2.24) is 20.4 Å². The molecule has 4 heterocycles. The van der Waals surface area contributed by atoms with Gasteiger partial charge in [-0.1, -0.05) is 0 Å². The summed E-state index contributed by atoms with van der Waals surface area (Å²) in [6.45, 7) is 7.75. The second-order valence-corrected chi connectivity index (χ2v) is 9.31. The highest BCUT2D eigenvalue weighted by molar-refractivity contribution is 7.99. The van der Waals surface area contributed by atoms with Gasteiger partial charge in [0.1, 0.15) is 5.76 Å². The molecule has 162 valence electrons. The Labute approximate surface area is 178 Å². The van der Waals surface area contributed by atoms with Crippen molar-refractivity contribution >= 4 is 17.7 Å². The summed E-state index contributed by atoms with van der Waals surface area (Å²) in [4.78, 5) is 9.65. The molecule has 3 saturated heterocycles. The molecule has 0 aromatic carbocycles. The third-order valence-corrected chi connectivity index (χ3v) is 7.72. The summed E-state index contributed by atoms with van der Waals surface area (Å²) >= 11 is 2.07. The van der Waals surface area contributed by atoms with Crippen LogP contribution in [-0.2, 0) is 4.74 Å². The van der Waals surface area contributed by atoms with Gasteiger partial charge < -0.3 is 19.8 Å². The summed E-state index contributed by atoms with van der Waals surface area (Å²) in [5.74, 6) is 4.33. The number of rotatable bonds is 7. The molecule has 0 radical (unpaired) electrons. The number of nitrogens with zero attached hydrogens (tertiary/aromatic N) is 3. The van der Waals surface area contributed by atoms with Gasteiger partial charge in [-0.05, 0) is 50.2 Å². The van der Waals surface area contributed by atoms with Crippen molar-refractivity contribution < 1.29 is 9.15 Å². The van der Waals surface area contributed by atoms with E-state index < -0.39 is 0 Å². The van der Waals surface area contributed by atoms with Crippen molar-refractivity contribution in [2.24, 2.45) is 4.99 Å². The Kier molecular flexibility index (Phi) is 7.39. The van der Waals surface area contributed by atoms with Gasteiger partial charge in [0.2, 0.25) is 0 Å². The van der Waals surface area contributed by atoms with Crippen molar-refractivity contribution in [2.45, 2.75) is 30.8 Å². The SMILES string of the molecule is CN=C(NCC(c1ccco1)N1CCCC1)NCC1(N2CCOCC2)CCSC1. The van der Waals surface area contributed by atoms with Gasteiger partial charge >= 0.3 is 0 Å². The monoisotopic (exact) mass is 421 g/mol. The number of thioether (sulfide) groups is 1. The van der Waals surface area contributed by atoms with Crippen LogP contribution < -0.4 is 10.6 Å². The Morgan fingerprint density at radius 2 is 2.07 bits per heavy atom. The minimum atomic E-state index is 0.210. The first-order valence-electron chi connectivity index (χ1n) is 10.9. The van der Waals surface area contributed by atoms with E-state index in [2.05, 4.69) is 43.3 Å². The Bertz CT molecular complexity index is 636. The first kappa shape index (κ1) is 21.0. The van der Waals surface area contributed by atoms with Crippen LogP contribution in [0.4, 0.5) is 0 Å². The van der Waals surface area contributed by atoms with E-state index in [0.29, 0.717) is 0 Å². The number of likely N-dealkylation sites (tertiary alicyclic amines) is 1. The van der Waals surface area contributed by atoms with Crippen LogP contribution in [0, 0.1) is 0 Å². The summed E-state index contributed by atoms with van der Waals surface area (Å²) in [5.41, 5.74) is 0.210. The standard InChI is InChI=1S/C21H35N5O2S/c1-22-20(23-15-18(19-5-4-11-28-19)25-7-2-3-8-25)24-16-21(6-14-29-17-21)26-9-12-27-13-10-26/h4-5,11,18H,2-3,6-10,12-17H2,1H3,(H2,22,23,24). The number of guanidine groups is 1. The van der Waals surface area contributed by atoms with Crippen molar-refractivity contribution in [3.8, 4) is 0 Å². The predicted octanol–water partition coefficient (Wildman–Crippen LogP) is 1.79. The van der Waals surface area contributed by atoms with Gasteiger partial charge in [0, 0.05) is 44.5 Å². The Morgan fingerprint density at radius 1 is 1.24 bits per heavy atom. The molecular formula is C21H35N5O2S. The molecule has 0 aliphatic carbocycles. The molecule has 2 N–H and O–H groups in total. The molecule has 0 spiro atoms. The van der Waals surface area contributed by atoms with Gasteiger partial charge in [-0.25, -0.2) is 0 Å². The Hall–Kier alpha value is -1.22. The van der Waals surface area contributed by atoms with Gasteiger partial charge in [-0.15, -0.1) is 0 Å². The van der Waals surface area contributed by atoms with E-state index in [9.17, 15) is 0 Å². The lowest BCUT2D eigenvalue weighted by atomic mass is 9.95. The molecule has 1 aromatic heterocycles. The number of furan rings is 1. The average molecular weight is 422 g/mol. The molecular weight excluding hydrogens is 386 g/mol. The summed E-state index contributed by atoms with van der Waals surface area (Å²) in [5, 5.41) is 7.20.